The van der Waals surface area contributed by atoms with E-state index in [1.807, 2.05) is 53.7 Å². The molecule has 3 nitrogen and oxygen atoms in total. The molecule has 3 rings (SSSR count). The Labute approximate surface area is 187 Å². The van der Waals surface area contributed by atoms with Gasteiger partial charge < -0.3 is 10.6 Å². The lowest BCUT2D eigenvalue weighted by atomic mass is 9.91. The van der Waals surface area contributed by atoms with Crippen molar-refractivity contribution >= 4 is 34.8 Å². The fraction of sp³-hybridized carbons (Fsp3) is 0.458. The predicted octanol–water partition coefficient (Wildman–Crippen LogP) is 7.79. The van der Waals surface area contributed by atoms with E-state index in [9.17, 15) is 4.79 Å². The highest BCUT2D eigenvalue weighted by molar-refractivity contribution is 6.42. The molecule has 0 bridgehead atoms. The molecule has 1 fully saturated rings. The molecule has 2 aromatic carbocycles. The van der Waals surface area contributed by atoms with Crippen LogP contribution in [0.2, 0.25) is 10.0 Å². The first-order chi connectivity index (χ1) is 14.1. The summed E-state index contributed by atoms with van der Waals surface area (Å²) in [6.07, 6.45) is 2.42. The summed E-state index contributed by atoms with van der Waals surface area (Å²) in [5.74, 6) is 0.360. The van der Waals surface area contributed by atoms with E-state index < -0.39 is 0 Å². The number of hydrogen-bond donors (Lipinski definition) is 2. The third-order valence-corrected chi connectivity index (χ3v) is 4.86. The first-order valence-corrected chi connectivity index (χ1v) is 11.5. The molecule has 1 atom stereocenters. The smallest absolute Gasteiger partial charge is 0.255 e. The summed E-state index contributed by atoms with van der Waals surface area (Å²) in [5.41, 5.74) is 2.57. The van der Waals surface area contributed by atoms with Crippen molar-refractivity contribution < 1.29 is 4.79 Å². The lowest BCUT2D eigenvalue weighted by Gasteiger charge is -2.23. The molecule has 1 aliphatic heterocycles. The third kappa shape index (κ3) is 9.20. The number of carbonyl (C=O) groups excluding carboxylic acids is 1. The van der Waals surface area contributed by atoms with Gasteiger partial charge in [-0.3, -0.25) is 4.79 Å². The van der Waals surface area contributed by atoms with E-state index in [2.05, 4.69) is 22.8 Å². The monoisotopic (exact) mass is 438 g/mol. The molecule has 5 heteroatoms. The molecule has 0 aliphatic carbocycles. The summed E-state index contributed by atoms with van der Waals surface area (Å²) in [6, 6.07) is 12.9. The van der Waals surface area contributed by atoms with Crippen LogP contribution in [0.1, 0.15) is 76.2 Å². The van der Waals surface area contributed by atoms with Crippen LogP contribution in [-0.2, 0) is 0 Å². The summed E-state index contributed by atoms with van der Waals surface area (Å²) in [7, 11) is 0. The summed E-state index contributed by atoms with van der Waals surface area (Å²) >= 11 is 11.8. The molecule has 1 saturated heterocycles. The van der Waals surface area contributed by atoms with Gasteiger partial charge in [0.15, 0.2) is 0 Å². The van der Waals surface area contributed by atoms with Gasteiger partial charge in [-0.15, -0.1) is 0 Å². The molecule has 162 valence electrons. The van der Waals surface area contributed by atoms with Gasteiger partial charge in [0.05, 0.1) is 10.0 Å². The van der Waals surface area contributed by atoms with E-state index in [0.717, 1.165) is 18.8 Å². The Morgan fingerprint density at radius 2 is 1.55 bits per heavy atom. The average Bonchev–Trinajstić information content (AvgIpc) is 2.81. The lowest BCUT2D eigenvalue weighted by molar-refractivity contribution is 0.102. The molecule has 2 aromatic rings. The minimum absolute atomic E-state index is 0.198. The van der Waals surface area contributed by atoms with E-state index in [0.29, 0.717) is 21.5 Å². The van der Waals surface area contributed by atoms with Crippen LogP contribution in [-0.4, -0.2) is 19.0 Å². The Morgan fingerprint density at radius 1 is 0.931 bits per heavy atom. The highest BCUT2D eigenvalue weighted by Crippen LogP contribution is 2.25. The fourth-order valence-electron chi connectivity index (χ4n) is 2.82. The van der Waals surface area contributed by atoms with E-state index in [-0.39, 0.29) is 5.91 Å². The number of benzene rings is 2. The molecule has 2 N–H and O–H groups in total. The van der Waals surface area contributed by atoms with Crippen LogP contribution in [0.15, 0.2) is 42.5 Å². The summed E-state index contributed by atoms with van der Waals surface area (Å²) in [4.78, 5) is 12.2. The van der Waals surface area contributed by atoms with Gasteiger partial charge in [0.2, 0.25) is 0 Å². The summed E-state index contributed by atoms with van der Waals surface area (Å²) in [5, 5.41) is 7.11. The van der Waals surface area contributed by atoms with Crippen molar-refractivity contribution in [1.82, 2.24) is 5.32 Å². The van der Waals surface area contributed by atoms with Gasteiger partial charge in [0.25, 0.3) is 5.91 Å². The SMILES string of the molecule is CC.CC.CC.O=C(Nc1ccc(C2CCCNC2)cc1)c1ccc(Cl)c(Cl)c1. The summed E-state index contributed by atoms with van der Waals surface area (Å²) in [6.45, 7) is 14.1. The highest BCUT2D eigenvalue weighted by Gasteiger charge is 2.15. The normalized spacial score (nSPS) is 14.7. The molecule has 1 heterocycles. The van der Waals surface area contributed by atoms with Crippen LogP contribution in [0.5, 0.6) is 0 Å². The minimum atomic E-state index is -0.198. The number of anilines is 1. The standard InChI is InChI=1S/C18H18Cl2N2O.3C2H6/c19-16-8-5-13(10-17(16)20)18(23)22-15-6-3-12(4-7-15)14-2-1-9-21-11-14;3*1-2/h3-8,10,14,21H,1-2,9,11H2,(H,22,23);3*1-2H3. The Kier molecular flexibility index (Phi) is 15.4. The van der Waals surface area contributed by atoms with E-state index in [1.165, 1.54) is 18.4 Å². The van der Waals surface area contributed by atoms with Crippen LogP contribution in [0.25, 0.3) is 0 Å². The van der Waals surface area contributed by atoms with Crippen molar-refractivity contribution in [2.75, 3.05) is 18.4 Å². The van der Waals surface area contributed by atoms with Gasteiger partial charge >= 0.3 is 0 Å². The Morgan fingerprint density at radius 3 is 2.07 bits per heavy atom. The van der Waals surface area contributed by atoms with Gasteiger partial charge in [-0.25, -0.2) is 0 Å². The largest absolute Gasteiger partial charge is 0.322 e. The second-order valence-corrected chi connectivity index (χ2v) is 6.56. The topological polar surface area (TPSA) is 41.1 Å². The van der Waals surface area contributed by atoms with Crippen LogP contribution < -0.4 is 10.6 Å². The molecular weight excluding hydrogens is 403 g/mol. The molecular formula is C24H36Cl2N2O. The molecule has 1 amide bonds. The predicted molar refractivity (Wildman–Crippen MR) is 130 cm³/mol. The number of carbonyl (C=O) groups is 1. The van der Waals surface area contributed by atoms with E-state index in [4.69, 9.17) is 23.2 Å². The maximum Gasteiger partial charge on any atom is 0.255 e. The molecule has 1 aliphatic rings. The van der Waals surface area contributed by atoms with Crippen molar-refractivity contribution in [3.05, 3.63) is 63.6 Å². The van der Waals surface area contributed by atoms with E-state index in [1.54, 1.807) is 18.2 Å². The van der Waals surface area contributed by atoms with Crippen molar-refractivity contribution in [2.45, 2.75) is 60.3 Å². The second kappa shape index (κ2) is 16.3. The zero-order chi connectivity index (χ0) is 22.2. The molecule has 0 radical (unpaired) electrons. The van der Waals surface area contributed by atoms with Gasteiger partial charge in [0.1, 0.15) is 0 Å². The van der Waals surface area contributed by atoms with Gasteiger partial charge in [-0.05, 0) is 61.2 Å². The number of nitrogens with one attached hydrogen (secondary N) is 2. The number of halogens is 2. The molecule has 0 spiro atoms. The molecule has 1 unspecified atom stereocenters. The molecule has 0 saturated carbocycles. The van der Waals surface area contributed by atoms with Crippen molar-refractivity contribution in [1.29, 1.82) is 0 Å². The number of amides is 1. The van der Waals surface area contributed by atoms with Crippen molar-refractivity contribution in [3.63, 3.8) is 0 Å². The quantitative estimate of drug-likeness (QED) is 0.512. The second-order valence-electron chi connectivity index (χ2n) is 5.75. The fourth-order valence-corrected chi connectivity index (χ4v) is 3.11. The minimum Gasteiger partial charge on any atom is -0.322 e. The maximum absolute atomic E-state index is 12.2. The Hall–Kier alpha value is -1.55. The van der Waals surface area contributed by atoms with Crippen LogP contribution in [0, 0.1) is 0 Å². The van der Waals surface area contributed by atoms with Crippen molar-refractivity contribution in [2.24, 2.45) is 0 Å². The summed E-state index contributed by atoms with van der Waals surface area (Å²) < 4.78 is 0. The lowest BCUT2D eigenvalue weighted by Crippen LogP contribution is -2.28. The van der Waals surface area contributed by atoms with Gasteiger partial charge in [-0.2, -0.15) is 0 Å². The Balaban J connectivity index is 0.00000120. The van der Waals surface area contributed by atoms with E-state index >= 15 is 0 Å². The van der Waals surface area contributed by atoms with Crippen LogP contribution in [0.4, 0.5) is 5.69 Å². The van der Waals surface area contributed by atoms with Crippen LogP contribution in [0.3, 0.4) is 0 Å². The van der Waals surface area contributed by atoms with Crippen LogP contribution >= 0.6 is 23.2 Å². The first-order valence-electron chi connectivity index (χ1n) is 10.7. The number of piperidine rings is 1. The molecule has 29 heavy (non-hydrogen) atoms. The highest BCUT2D eigenvalue weighted by atomic mass is 35.5. The average molecular weight is 439 g/mol. The van der Waals surface area contributed by atoms with Gasteiger partial charge in [0, 0.05) is 17.8 Å². The zero-order valence-corrected chi connectivity index (χ0v) is 20.1. The van der Waals surface area contributed by atoms with Crippen molar-refractivity contribution in [3.8, 4) is 0 Å². The Bertz CT molecular complexity index is 697. The maximum atomic E-state index is 12.2. The number of hydrogen-bond acceptors (Lipinski definition) is 2. The van der Waals surface area contributed by atoms with Gasteiger partial charge in [-0.1, -0.05) is 76.9 Å². The zero-order valence-electron chi connectivity index (χ0n) is 18.6. The number of rotatable bonds is 3. The molecule has 0 aromatic heterocycles. The first kappa shape index (κ1) is 27.5. The third-order valence-electron chi connectivity index (χ3n) is 4.12.